The normalized spacial score (nSPS) is 15.5. The number of nitro groups is 1. The number of fused-ring (bicyclic) bond motifs is 2. The Balaban J connectivity index is 2.19. The summed E-state index contributed by atoms with van der Waals surface area (Å²) >= 11 is 0. The number of hydrogen-bond acceptors (Lipinski definition) is 4. The van der Waals surface area contributed by atoms with Crippen molar-refractivity contribution in [2.45, 2.75) is 9.79 Å². The van der Waals surface area contributed by atoms with E-state index in [0.717, 1.165) is 0 Å². The third-order valence-corrected chi connectivity index (χ3v) is 4.83. The number of non-ortho nitro benzene ring substituents is 1. The van der Waals surface area contributed by atoms with E-state index >= 15 is 0 Å². The van der Waals surface area contributed by atoms with Gasteiger partial charge < -0.3 is 5.11 Å². The molecule has 0 amide bonds. The zero-order valence-electron chi connectivity index (χ0n) is 11.1. The first kappa shape index (κ1) is 14.2. The number of hydrogen-bond donors (Lipinski definition) is 1. The van der Waals surface area contributed by atoms with Crippen LogP contribution in [0, 0.1) is 10.1 Å². The van der Waals surface area contributed by atoms with Gasteiger partial charge in [-0.05, 0) is 29.3 Å². The van der Waals surface area contributed by atoms with Gasteiger partial charge in [-0.2, -0.15) is 0 Å². The van der Waals surface area contributed by atoms with Crippen molar-refractivity contribution in [1.29, 1.82) is 0 Å². The highest BCUT2D eigenvalue weighted by molar-refractivity contribution is 7.85. The number of benzene rings is 2. The van der Waals surface area contributed by atoms with Crippen molar-refractivity contribution in [2.24, 2.45) is 0 Å². The number of nitro benzene ring substituents is 1. The van der Waals surface area contributed by atoms with Gasteiger partial charge in [0.15, 0.2) is 0 Å². The molecule has 0 radical (unpaired) electrons. The maximum Gasteiger partial charge on any atom is 0.335 e. The van der Waals surface area contributed by atoms with Gasteiger partial charge in [0.1, 0.15) is 0 Å². The van der Waals surface area contributed by atoms with Gasteiger partial charge in [0, 0.05) is 12.1 Å². The molecular weight excluding hydrogens is 306 g/mol. The summed E-state index contributed by atoms with van der Waals surface area (Å²) in [6.45, 7) is 0. The van der Waals surface area contributed by atoms with Crippen LogP contribution in [0.15, 0.2) is 46.2 Å². The Kier molecular flexibility index (Phi) is 3.34. The van der Waals surface area contributed by atoms with Crippen molar-refractivity contribution in [2.75, 3.05) is 0 Å². The van der Waals surface area contributed by atoms with E-state index in [1.54, 1.807) is 18.2 Å². The van der Waals surface area contributed by atoms with Gasteiger partial charge >= 0.3 is 5.97 Å². The van der Waals surface area contributed by atoms with E-state index in [-0.39, 0.29) is 11.3 Å². The topological polar surface area (TPSA) is 97.5 Å². The van der Waals surface area contributed by atoms with E-state index in [4.69, 9.17) is 5.11 Å². The second kappa shape index (κ2) is 5.19. The molecule has 1 heterocycles. The first-order valence-corrected chi connectivity index (χ1v) is 7.38. The predicted molar refractivity (Wildman–Crippen MR) is 80.1 cm³/mol. The number of carboxylic acids is 1. The molecule has 110 valence electrons. The van der Waals surface area contributed by atoms with Crippen LogP contribution in [0.4, 0.5) is 5.69 Å². The van der Waals surface area contributed by atoms with Crippen LogP contribution >= 0.6 is 0 Å². The largest absolute Gasteiger partial charge is 0.478 e. The highest BCUT2D eigenvalue weighted by atomic mass is 32.2. The minimum Gasteiger partial charge on any atom is -0.478 e. The lowest BCUT2D eigenvalue weighted by molar-refractivity contribution is -0.384. The maximum absolute atomic E-state index is 12.7. The van der Waals surface area contributed by atoms with Gasteiger partial charge in [-0.3, -0.25) is 10.1 Å². The summed E-state index contributed by atoms with van der Waals surface area (Å²) in [7, 11) is -1.60. The van der Waals surface area contributed by atoms with Crippen LogP contribution < -0.4 is 0 Å². The summed E-state index contributed by atoms with van der Waals surface area (Å²) in [6.07, 6.45) is 3.32. The summed E-state index contributed by atoms with van der Waals surface area (Å²) in [5.41, 5.74) is 1.08. The molecule has 0 saturated heterocycles. The molecule has 0 aromatic heterocycles. The van der Waals surface area contributed by atoms with Crippen molar-refractivity contribution in [3.05, 3.63) is 63.2 Å². The molecule has 1 aliphatic rings. The average Bonchev–Trinajstić information content (AvgIpc) is 2.64. The predicted octanol–water partition coefficient (Wildman–Crippen LogP) is 2.94. The van der Waals surface area contributed by atoms with Gasteiger partial charge in [0.05, 0.1) is 31.1 Å². The van der Waals surface area contributed by atoms with E-state index in [2.05, 4.69) is 0 Å². The third kappa shape index (κ3) is 2.31. The Morgan fingerprint density at radius 2 is 1.77 bits per heavy atom. The van der Waals surface area contributed by atoms with Gasteiger partial charge in [0.25, 0.3) is 5.69 Å². The van der Waals surface area contributed by atoms with Gasteiger partial charge in [0.2, 0.25) is 0 Å². The minimum atomic E-state index is -1.60. The van der Waals surface area contributed by atoms with Crippen LogP contribution in [0.25, 0.3) is 12.2 Å². The first-order valence-electron chi connectivity index (χ1n) is 6.23. The molecular formula is C15H9NO5S. The fourth-order valence-electron chi connectivity index (χ4n) is 2.21. The second-order valence-corrected chi connectivity index (χ2v) is 6.06. The molecule has 1 unspecified atom stereocenters. The van der Waals surface area contributed by atoms with Crippen molar-refractivity contribution >= 4 is 34.6 Å². The average molecular weight is 315 g/mol. The highest BCUT2D eigenvalue weighted by Crippen LogP contribution is 2.31. The third-order valence-electron chi connectivity index (χ3n) is 3.31. The van der Waals surface area contributed by atoms with Crippen LogP contribution in [0.5, 0.6) is 0 Å². The monoisotopic (exact) mass is 315 g/mol. The number of aromatic carboxylic acids is 1. The lowest BCUT2D eigenvalue weighted by atomic mass is 10.1. The van der Waals surface area contributed by atoms with Crippen LogP contribution in [0.2, 0.25) is 0 Å². The molecule has 0 bridgehead atoms. The zero-order chi connectivity index (χ0) is 15.9. The van der Waals surface area contributed by atoms with Gasteiger partial charge in [-0.15, -0.1) is 0 Å². The van der Waals surface area contributed by atoms with E-state index in [1.807, 2.05) is 0 Å². The highest BCUT2D eigenvalue weighted by Gasteiger charge is 2.20. The smallest absolute Gasteiger partial charge is 0.335 e. The molecule has 1 aliphatic heterocycles. The Bertz CT molecular complexity index is 872. The summed E-state index contributed by atoms with van der Waals surface area (Å²) in [5.74, 6) is -1.10. The number of nitrogens with zero attached hydrogens (tertiary/aromatic N) is 1. The number of carbonyl (C=O) groups is 1. The molecule has 22 heavy (non-hydrogen) atoms. The molecule has 1 atom stereocenters. The molecule has 0 saturated carbocycles. The van der Waals surface area contributed by atoms with Crippen molar-refractivity contribution < 1.29 is 19.0 Å². The van der Waals surface area contributed by atoms with Crippen LogP contribution in [0.1, 0.15) is 21.5 Å². The zero-order valence-corrected chi connectivity index (χ0v) is 11.9. The molecule has 2 aromatic carbocycles. The SMILES string of the molecule is O=C(O)c1ccc2c(c1)S(=O)c1ccc([N+](=O)[O-])cc1C=C2. The van der Waals surface area contributed by atoms with Crippen molar-refractivity contribution in [3.8, 4) is 0 Å². The molecule has 0 aliphatic carbocycles. The van der Waals surface area contributed by atoms with Crippen LogP contribution in [-0.2, 0) is 10.8 Å². The standard InChI is InChI=1S/C15H9NO5S/c17-15(18)11-4-2-9-1-3-10-7-12(16(19)20)5-6-13(10)22(21)14(9)8-11/h1-8H,(H,17,18). The minimum absolute atomic E-state index is 0.0471. The summed E-state index contributed by atoms with van der Waals surface area (Å²) in [5, 5.41) is 19.9. The molecule has 2 aromatic rings. The summed E-state index contributed by atoms with van der Waals surface area (Å²) in [4.78, 5) is 22.2. The summed E-state index contributed by atoms with van der Waals surface area (Å²) in [6, 6.07) is 8.46. The fraction of sp³-hybridized carbons (Fsp3) is 0. The van der Waals surface area contributed by atoms with E-state index < -0.39 is 21.7 Å². The molecule has 1 N–H and O–H groups in total. The summed E-state index contributed by atoms with van der Waals surface area (Å²) < 4.78 is 12.7. The Morgan fingerprint density at radius 3 is 2.45 bits per heavy atom. The van der Waals surface area contributed by atoms with Gasteiger partial charge in [-0.1, -0.05) is 18.2 Å². The van der Waals surface area contributed by atoms with E-state index in [0.29, 0.717) is 20.9 Å². The second-order valence-electron chi connectivity index (χ2n) is 4.64. The van der Waals surface area contributed by atoms with Gasteiger partial charge in [-0.25, -0.2) is 9.00 Å². The van der Waals surface area contributed by atoms with Crippen LogP contribution in [0.3, 0.4) is 0 Å². The Morgan fingerprint density at radius 1 is 1.05 bits per heavy atom. The van der Waals surface area contributed by atoms with E-state index in [1.165, 1.54) is 30.3 Å². The maximum atomic E-state index is 12.7. The molecule has 3 rings (SSSR count). The van der Waals surface area contributed by atoms with Crippen molar-refractivity contribution in [3.63, 3.8) is 0 Å². The van der Waals surface area contributed by atoms with E-state index in [9.17, 15) is 19.1 Å². The molecule has 0 spiro atoms. The number of rotatable bonds is 2. The van der Waals surface area contributed by atoms with Crippen LogP contribution in [-0.4, -0.2) is 20.2 Å². The molecule has 0 fully saturated rings. The lowest BCUT2D eigenvalue weighted by Gasteiger charge is -2.07. The lowest BCUT2D eigenvalue weighted by Crippen LogP contribution is -2.01. The van der Waals surface area contributed by atoms with Crippen molar-refractivity contribution in [1.82, 2.24) is 0 Å². The first-order chi connectivity index (χ1) is 10.5. The Labute approximate surface area is 127 Å². The molecule has 6 nitrogen and oxygen atoms in total. The molecule has 7 heteroatoms. The quantitative estimate of drug-likeness (QED) is 0.579. The fourth-order valence-corrected chi connectivity index (χ4v) is 3.57. The number of carboxylic acid groups (broad SMARTS) is 1. The Hall–Kier alpha value is -2.80.